The highest BCUT2D eigenvalue weighted by atomic mass is 16.6. The molecule has 1 heterocycles. The number of likely N-dealkylation sites (tertiary alicyclic amines) is 1. The van der Waals surface area contributed by atoms with Gasteiger partial charge in [-0.3, -0.25) is 9.59 Å². The van der Waals surface area contributed by atoms with Crippen LogP contribution in [0.3, 0.4) is 0 Å². The van der Waals surface area contributed by atoms with Crippen LogP contribution in [0.5, 0.6) is 0 Å². The molecule has 2 aliphatic carbocycles. The molecule has 0 spiro atoms. The number of carbonyl (C=O) groups excluding carboxylic acids is 3. The fourth-order valence-electron chi connectivity index (χ4n) is 6.68. The summed E-state index contributed by atoms with van der Waals surface area (Å²) in [7, 11) is 0. The third-order valence-electron chi connectivity index (χ3n) is 9.49. The first-order valence-electron chi connectivity index (χ1n) is 16.7. The molecule has 3 amide bonds. The second-order valence-electron chi connectivity index (χ2n) is 14.1. The number of nitrogens with one attached hydrogen (secondary N) is 2. The summed E-state index contributed by atoms with van der Waals surface area (Å²) in [6.45, 7) is 9.18. The zero-order valence-corrected chi connectivity index (χ0v) is 27.9. The van der Waals surface area contributed by atoms with Gasteiger partial charge in [0.2, 0.25) is 11.8 Å². The summed E-state index contributed by atoms with van der Waals surface area (Å²) in [5.41, 5.74) is 0.726. The molecule has 0 radical (unpaired) electrons. The fourth-order valence-corrected chi connectivity index (χ4v) is 6.68. The maximum atomic E-state index is 14.2. The van der Waals surface area contributed by atoms with Crippen molar-refractivity contribution < 1.29 is 33.9 Å². The predicted octanol–water partition coefficient (Wildman–Crippen LogP) is 5.29. The number of benzene rings is 2. The number of ether oxygens (including phenoxy) is 1. The highest BCUT2D eigenvalue weighted by molar-refractivity contribution is 5.96. The summed E-state index contributed by atoms with van der Waals surface area (Å²) < 4.78 is 5.59. The van der Waals surface area contributed by atoms with Crippen LogP contribution in [-0.4, -0.2) is 76.5 Å². The molecule has 3 aliphatic rings. The van der Waals surface area contributed by atoms with Gasteiger partial charge in [0, 0.05) is 6.42 Å². The maximum absolute atomic E-state index is 14.2. The van der Waals surface area contributed by atoms with Crippen LogP contribution in [-0.2, 0) is 24.0 Å². The van der Waals surface area contributed by atoms with Crippen molar-refractivity contribution in [3.63, 3.8) is 0 Å². The van der Waals surface area contributed by atoms with E-state index in [4.69, 9.17) is 9.57 Å². The van der Waals surface area contributed by atoms with E-state index in [1.54, 1.807) is 12.3 Å². The summed E-state index contributed by atoms with van der Waals surface area (Å²) in [6.07, 6.45) is 6.01. The van der Waals surface area contributed by atoms with E-state index in [0.29, 0.717) is 6.42 Å². The molecule has 3 N–H and O–H groups in total. The number of oxime groups is 1. The van der Waals surface area contributed by atoms with Crippen molar-refractivity contribution in [1.82, 2.24) is 15.5 Å². The van der Waals surface area contributed by atoms with E-state index < -0.39 is 53.0 Å². The first-order chi connectivity index (χ1) is 22.9. The van der Waals surface area contributed by atoms with Gasteiger partial charge in [0.25, 0.3) is 0 Å². The number of rotatable bonds is 12. The van der Waals surface area contributed by atoms with Crippen LogP contribution in [0.15, 0.2) is 72.4 Å². The minimum absolute atomic E-state index is 0.0143. The lowest BCUT2D eigenvalue weighted by atomic mass is 9.85. The fraction of sp³-hybridized carbons (Fsp3) is 0.486. The first kappa shape index (κ1) is 34.7. The number of hydrogen-bond acceptors (Lipinski definition) is 7. The summed E-state index contributed by atoms with van der Waals surface area (Å²) >= 11 is 0. The largest absolute Gasteiger partial charge is 0.479 e. The third-order valence-corrected chi connectivity index (χ3v) is 9.49. The zero-order chi connectivity index (χ0) is 34.5. The van der Waals surface area contributed by atoms with Crippen molar-refractivity contribution in [3.05, 3.63) is 72.8 Å². The molecule has 1 saturated heterocycles. The minimum atomic E-state index is -1.42. The van der Waals surface area contributed by atoms with E-state index in [1.807, 2.05) is 75.4 Å². The summed E-state index contributed by atoms with van der Waals surface area (Å²) in [5.74, 6) is -2.50. The van der Waals surface area contributed by atoms with Gasteiger partial charge in [-0.05, 0) is 72.6 Å². The molecule has 0 bridgehead atoms. The normalized spacial score (nSPS) is 24.6. The Morgan fingerprint density at radius 1 is 1.06 bits per heavy atom. The highest BCUT2D eigenvalue weighted by Crippen LogP contribution is 2.46. The van der Waals surface area contributed by atoms with Crippen LogP contribution in [0, 0.1) is 11.3 Å². The second-order valence-corrected chi connectivity index (χ2v) is 14.1. The summed E-state index contributed by atoms with van der Waals surface area (Å²) in [6, 6.07) is 15.7. The van der Waals surface area contributed by atoms with Gasteiger partial charge in [0.1, 0.15) is 29.8 Å². The van der Waals surface area contributed by atoms with Gasteiger partial charge in [-0.15, -0.1) is 6.58 Å². The highest BCUT2D eigenvalue weighted by Gasteiger charge is 2.62. The van der Waals surface area contributed by atoms with Gasteiger partial charge in [-0.2, -0.15) is 0 Å². The van der Waals surface area contributed by atoms with Crippen molar-refractivity contribution in [2.24, 2.45) is 16.5 Å². The average molecular weight is 659 g/mol. The van der Waals surface area contributed by atoms with Crippen LogP contribution >= 0.6 is 0 Å². The van der Waals surface area contributed by atoms with Crippen LogP contribution in [0.2, 0.25) is 0 Å². The van der Waals surface area contributed by atoms with Crippen LogP contribution < -0.4 is 10.6 Å². The Balaban J connectivity index is 1.34. The zero-order valence-electron chi connectivity index (χ0n) is 27.9. The molecular formula is C37H46N4O7. The van der Waals surface area contributed by atoms with Crippen LogP contribution in [0.25, 0.3) is 11.1 Å². The number of amides is 3. The number of carbonyl (C=O) groups is 4. The topological polar surface area (TPSA) is 147 Å². The predicted molar refractivity (Wildman–Crippen MR) is 181 cm³/mol. The number of alkyl carbamates (subject to hydrolysis) is 1. The number of carboxylic acids is 1. The maximum Gasteiger partial charge on any atom is 0.408 e. The smallest absolute Gasteiger partial charge is 0.408 e. The standard InChI is InChI=1S/C37H46N4O7/c1-5-12-27-21-37(27,34(44)45)40-32(42)30-20-29(48-38-22-24-13-11-16-26(19-24)25-14-7-6-8-15-25)23-41(30)33(43)31(36(2,3)4)39-35(46)47-28-17-9-10-18-28/h5-8,11,13-16,19,22,27-31H,1,9-10,12,17-18,20-21,23H2,2-4H3,(H,39,46)(H,40,42)(H,44,45)/b38-22+/t27-,29-,30+,31-,37-/m1/s1. The lowest BCUT2D eigenvalue weighted by Crippen LogP contribution is -2.59. The van der Waals surface area contributed by atoms with Gasteiger partial charge in [-0.25, -0.2) is 9.59 Å². The van der Waals surface area contributed by atoms with Gasteiger partial charge in [0.05, 0.1) is 12.8 Å². The quantitative estimate of drug-likeness (QED) is 0.160. The molecule has 256 valence electrons. The molecule has 11 heteroatoms. The number of aliphatic carboxylic acids is 1. The van der Waals surface area contributed by atoms with Crippen molar-refractivity contribution in [1.29, 1.82) is 0 Å². The number of hydrogen-bond donors (Lipinski definition) is 3. The monoisotopic (exact) mass is 658 g/mol. The SMILES string of the molecule is C=CC[C@@H]1C[C@]1(NC(=O)[C@@H]1C[C@@H](O/N=C/c2cccc(-c3ccccc3)c2)CN1C(=O)[C@@H](NC(=O)OC1CCCC1)C(C)(C)C)C(=O)O. The Morgan fingerprint density at radius 2 is 1.77 bits per heavy atom. The van der Waals surface area contributed by atoms with Crippen molar-refractivity contribution in [3.8, 4) is 11.1 Å². The molecule has 0 aromatic heterocycles. The van der Waals surface area contributed by atoms with E-state index in [1.165, 1.54) is 4.90 Å². The van der Waals surface area contributed by atoms with Crippen molar-refractivity contribution >= 4 is 30.1 Å². The molecule has 5 rings (SSSR count). The minimum Gasteiger partial charge on any atom is -0.479 e. The van der Waals surface area contributed by atoms with E-state index >= 15 is 0 Å². The van der Waals surface area contributed by atoms with Gasteiger partial charge < -0.3 is 30.2 Å². The van der Waals surface area contributed by atoms with E-state index in [0.717, 1.165) is 42.4 Å². The Hall–Kier alpha value is -4.67. The molecule has 48 heavy (non-hydrogen) atoms. The Bertz CT molecular complexity index is 1530. The lowest BCUT2D eigenvalue weighted by molar-refractivity contribution is -0.146. The van der Waals surface area contributed by atoms with Gasteiger partial charge in [0.15, 0.2) is 0 Å². The molecular weight excluding hydrogens is 612 g/mol. The summed E-state index contributed by atoms with van der Waals surface area (Å²) in [5, 5.41) is 19.7. The summed E-state index contributed by atoms with van der Waals surface area (Å²) in [4.78, 5) is 60.4. The molecule has 1 aliphatic heterocycles. The third kappa shape index (κ3) is 8.06. The number of nitrogens with zero attached hydrogens (tertiary/aromatic N) is 2. The van der Waals surface area contributed by atoms with Gasteiger partial charge in [-0.1, -0.05) is 80.5 Å². The van der Waals surface area contributed by atoms with Crippen molar-refractivity contribution in [2.75, 3.05) is 6.54 Å². The second kappa shape index (κ2) is 14.6. The molecule has 2 aromatic carbocycles. The average Bonchev–Trinajstić information content (AvgIpc) is 3.34. The molecule has 5 atom stereocenters. The number of allylic oxidation sites excluding steroid dienone is 1. The van der Waals surface area contributed by atoms with Gasteiger partial charge >= 0.3 is 12.1 Å². The van der Waals surface area contributed by atoms with Crippen LogP contribution in [0.1, 0.15) is 71.3 Å². The van der Waals surface area contributed by atoms with E-state index in [-0.39, 0.29) is 31.4 Å². The van der Waals surface area contributed by atoms with Crippen LogP contribution in [0.4, 0.5) is 4.79 Å². The van der Waals surface area contributed by atoms with Crippen molar-refractivity contribution in [2.45, 2.75) is 95.5 Å². The Labute approximate surface area is 281 Å². The number of carboxylic acid groups (broad SMARTS) is 1. The Morgan fingerprint density at radius 3 is 2.44 bits per heavy atom. The van der Waals surface area contributed by atoms with E-state index in [2.05, 4.69) is 22.4 Å². The molecule has 3 fully saturated rings. The molecule has 2 aromatic rings. The molecule has 2 saturated carbocycles. The lowest BCUT2D eigenvalue weighted by Gasteiger charge is -2.35. The molecule has 0 unspecified atom stereocenters. The first-order valence-corrected chi connectivity index (χ1v) is 16.7. The molecule has 11 nitrogen and oxygen atoms in total. The Kier molecular flexibility index (Phi) is 10.6. The van der Waals surface area contributed by atoms with E-state index in [9.17, 15) is 24.3 Å².